The lowest BCUT2D eigenvalue weighted by atomic mass is 10.1. The maximum absolute atomic E-state index is 12.4. The highest BCUT2D eigenvalue weighted by molar-refractivity contribution is 6.21. The van der Waals surface area contributed by atoms with Crippen LogP contribution in [0.4, 0.5) is 5.69 Å². The molecule has 2 amide bonds. The molecule has 0 saturated carbocycles. The maximum Gasteiger partial charge on any atom is 0.265 e. The number of hydrogen-bond acceptors (Lipinski definition) is 3. The van der Waals surface area contributed by atoms with Crippen molar-refractivity contribution in [1.82, 2.24) is 4.90 Å². The van der Waals surface area contributed by atoms with E-state index in [4.69, 9.17) is 0 Å². The summed E-state index contributed by atoms with van der Waals surface area (Å²) in [5, 5.41) is 0. The zero-order chi connectivity index (χ0) is 16.5. The third-order valence-electron chi connectivity index (χ3n) is 4.85. The molecular weight excluding hydrogens is 302 g/mol. The van der Waals surface area contributed by atoms with E-state index in [0.29, 0.717) is 17.8 Å². The lowest BCUT2D eigenvalue weighted by Crippen LogP contribution is -3.16. The lowest BCUT2D eigenvalue weighted by molar-refractivity contribution is -0.907. The number of para-hydroxylation sites is 1. The van der Waals surface area contributed by atoms with Crippen LogP contribution < -0.4 is 9.80 Å². The van der Waals surface area contributed by atoms with Gasteiger partial charge in [-0.3, -0.25) is 9.59 Å². The second-order valence-corrected chi connectivity index (χ2v) is 6.31. The summed E-state index contributed by atoms with van der Waals surface area (Å²) in [7, 11) is 0. The highest BCUT2D eigenvalue weighted by Gasteiger charge is 2.37. The fraction of sp³-hybridized carbons (Fsp3) is 0.263. The van der Waals surface area contributed by atoms with Gasteiger partial charge in [-0.15, -0.1) is 0 Å². The fourth-order valence-corrected chi connectivity index (χ4v) is 3.48. The molecule has 0 aliphatic carbocycles. The molecule has 1 saturated heterocycles. The molecule has 0 spiro atoms. The van der Waals surface area contributed by atoms with Gasteiger partial charge in [0.1, 0.15) is 0 Å². The van der Waals surface area contributed by atoms with Crippen LogP contribution in [0.2, 0.25) is 0 Å². The molecule has 122 valence electrons. The zero-order valence-corrected chi connectivity index (χ0v) is 13.4. The molecule has 1 fully saturated rings. The van der Waals surface area contributed by atoms with Gasteiger partial charge in [0.05, 0.1) is 37.3 Å². The molecule has 5 heteroatoms. The van der Waals surface area contributed by atoms with Gasteiger partial charge in [0, 0.05) is 5.69 Å². The van der Waals surface area contributed by atoms with Gasteiger partial charge in [0.15, 0.2) is 6.67 Å². The average molecular weight is 322 g/mol. The van der Waals surface area contributed by atoms with Crippen LogP contribution in [0.15, 0.2) is 54.6 Å². The number of nitrogens with one attached hydrogen (secondary N) is 1. The Kier molecular flexibility index (Phi) is 3.78. The monoisotopic (exact) mass is 322 g/mol. The van der Waals surface area contributed by atoms with Gasteiger partial charge in [-0.2, -0.15) is 0 Å². The van der Waals surface area contributed by atoms with Gasteiger partial charge in [-0.25, -0.2) is 4.90 Å². The smallest absolute Gasteiger partial charge is 0.265 e. The van der Waals surface area contributed by atoms with Crippen molar-refractivity contribution in [3.63, 3.8) is 0 Å². The third kappa shape index (κ3) is 2.57. The topological polar surface area (TPSA) is 45.1 Å². The predicted octanol–water partition coefficient (Wildman–Crippen LogP) is 0.645. The summed E-state index contributed by atoms with van der Waals surface area (Å²) < 4.78 is 0. The summed E-state index contributed by atoms with van der Waals surface area (Å²) in [6.45, 7) is 4.16. The molecule has 5 nitrogen and oxygen atoms in total. The van der Waals surface area contributed by atoms with Crippen molar-refractivity contribution >= 4 is 17.5 Å². The van der Waals surface area contributed by atoms with Crippen molar-refractivity contribution in [2.24, 2.45) is 0 Å². The largest absolute Gasteiger partial charge is 0.360 e. The maximum atomic E-state index is 12.4. The number of anilines is 1. The Balaban J connectivity index is 1.40. The molecule has 1 N–H and O–H groups in total. The highest BCUT2D eigenvalue weighted by atomic mass is 16.2. The van der Waals surface area contributed by atoms with Crippen molar-refractivity contribution in [2.75, 3.05) is 37.7 Å². The minimum absolute atomic E-state index is 0.159. The van der Waals surface area contributed by atoms with Crippen molar-refractivity contribution in [3.8, 4) is 0 Å². The number of amides is 2. The predicted molar refractivity (Wildman–Crippen MR) is 91.2 cm³/mol. The molecule has 0 radical (unpaired) electrons. The summed E-state index contributed by atoms with van der Waals surface area (Å²) in [6, 6.07) is 17.4. The van der Waals surface area contributed by atoms with Crippen LogP contribution in [0, 0.1) is 0 Å². The quantitative estimate of drug-likeness (QED) is 0.844. The van der Waals surface area contributed by atoms with Crippen LogP contribution in [-0.2, 0) is 0 Å². The number of carbonyl (C=O) groups is 2. The molecule has 2 aromatic rings. The highest BCUT2D eigenvalue weighted by Crippen LogP contribution is 2.21. The number of fused-ring (bicyclic) bond motifs is 1. The van der Waals surface area contributed by atoms with E-state index in [1.165, 1.54) is 15.5 Å². The number of quaternary nitrogens is 1. The molecule has 0 aromatic heterocycles. The number of benzene rings is 2. The molecule has 4 rings (SSSR count). The summed E-state index contributed by atoms with van der Waals surface area (Å²) in [4.78, 5) is 29.9. The molecule has 0 bridgehead atoms. The van der Waals surface area contributed by atoms with E-state index < -0.39 is 0 Å². The van der Waals surface area contributed by atoms with Crippen LogP contribution in [0.5, 0.6) is 0 Å². The first kappa shape index (κ1) is 14.9. The van der Waals surface area contributed by atoms with Gasteiger partial charge in [0.2, 0.25) is 0 Å². The van der Waals surface area contributed by atoms with Crippen LogP contribution >= 0.6 is 0 Å². The van der Waals surface area contributed by atoms with Crippen molar-refractivity contribution < 1.29 is 14.5 Å². The number of carbonyl (C=O) groups excluding carboxylic acids is 2. The molecule has 2 heterocycles. The number of nitrogens with zero attached hydrogens (tertiary/aromatic N) is 2. The summed E-state index contributed by atoms with van der Waals surface area (Å²) >= 11 is 0. The molecule has 2 aromatic carbocycles. The van der Waals surface area contributed by atoms with E-state index in [2.05, 4.69) is 17.0 Å². The number of hydrogen-bond donors (Lipinski definition) is 1. The Labute approximate surface area is 141 Å². The van der Waals surface area contributed by atoms with E-state index in [0.717, 1.165) is 26.2 Å². The van der Waals surface area contributed by atoms with E-state index in [9.17, 15) is 9.59 Å². The van der Waals surface area contributed by atoms with E-state index in [-0.39, 0.29) is 11.8 Å². The third-order valence-corrected chi connectivity index (χ3v) is 4.85. The Bertz CT molecular complexity index is 732. The molecular formula is C19H20N3O2+. The summed E-state index contributed by atoms with van der Waals surface area (Å²) in [6.07, 6.45) is 0. The SMILES string of the molecule is O=C1c2ccccc2C(=O)N1C[NH+]1CCN(c2ccccc2)CC1. The number of piperazine rings is 1. The van der Waals surface area contributed by atoms with Gasteiger partial charge in [0.25, 0.3) is 11.8 Å². The zero-order valence-electron chi connectivity index (χ0n) is 13.4. The standard InChI is InChI=1S/C19H19N3O2/c23-18-16-8-4-5-9-17(16)19(24)22(18)14-20-10-12-21(13-11-20)15-6-2-1-3-7-15/h1-9H,10-14H2/p+1. The molecule has 2 aliphatic heterocycles. The Hall–Kier alpha value is -2.66. The second-order valence-electron chi connectivity index (χ2n) is 6.31. The number of rotatable bonds is 3. The van der Waals surface area contributed by atoms with Gasteiger partial charge in [-0.1, -0.05) is 30.3 Å². The van der Waals surface area contributed by atoms with Crippen molar-refractivity contribution in [2.45, 2.75) is 0 Å². The second kappa shape index (κ2) is 6.09. The molecule has 24 heavy (non-hydrogen) atoms. The first-order valence-corrected chi connectivity index (χ1v) is 8.33. The minimum atomic E-state index is -0.159. The lowest BCUT2D eigenvalue weighted by Gasteiger charge is -2.34. The van der Waals surface area contributed by atoms with E-state index >= 15 is 0 Å². The minimum Gasteiger partial charge on any atom is -0.360 e. The van der Waals surface area contributed by atoms with Crippen molar-refractivity contribution in [3.05, 3.63) is 65.7 Å². The van der Waals surface area contributed by atoms with E-state index in [1.807, 2.05) is 18.2 Å². The molecule has 0 atom stereocenters. The average Bonchev–Trinajstić information content (AvgIpc) is 2.88. The molecule has 0 unspecified atom stereocenters. The van der Waals surface area contributed by atoms with Gasteiger partial charge < -0.3 is 9.80 Å². The molecule has 2 aliphatic rings. The number of imide groups is 1. The Morgan fingerprint density at radius 1 is 0.792 bits per heavy atom. The fourth-order valence-electron chi connectivity index (χ4n) is 3.48. The van der Waals surface area contributed by atoms with Crippen LogP contribution in [0.3, 0.4) is 0 Å². The summed E-state index contributed by atoms with van der Waals surface area (Å²) in [5.41, 5.74) is 2.30. The van der Waals surface area contributed by atoms with E-state index in [1.54, 1.807) is 24.3 Å². The summed E-state index contributed by atoms with van der Waals surface area (Å²) in [5.74, 6) is -0.317. The first-order valence-electron chi connectivity index (χ1n) is 8.33. The van der Waals surface area contributed by atoms with Crippen LogP contribution in [0.1, 0.15) is 20.7 Å². The van der Waals surface area contributed by atoms with Gasteiger partial charge >= 0.3 is 0 Å². The van der Waals surface area contributed by atoms with Crippen LogP contribution in [0.25, 0.3) is 0 Å². The van der Waals surface area contributed by atoms with Crippen molar-refractivity contribution in [1.29, 1.82) is 0 Å². The Morgan fingerprint density at radius 3 is 1.92 bits per heavy atom. The first-order chi connectivity index (χ1) is 11.7. The van der Waals surface area contributed by atoms with Crippen LogP contribution in [-0.4, -0.2) is 49.6 Å². The normalized spacial score (nSPS) is 18.2. The Morgan fingerprint density at radius 2 is 1.33 bits per heavy atom. The van der Waals surface area contributed by atoms with Gasteiger partial charge in [-0.05, 0) is 24.3 Å².